The Morgan fingerprint density at radius 2 is 1.75 bits per heavy atom. The molecule has 0 heterocycles. The number of halogens is 2. The average Bonchev–Trinajstić information content (AvgIpc) is 2.30. The van der Waals surface area contributed by atoms with Crippen LogP contribution in [-0.2, 0) is 0 Å². The third-order valence-corrected chi connectivity index (χ3v) is 2.21. The summed E-state index contributed by atoms with van der Waals surface area (Å²) >= 11 is 10.8. The topological polar surface area (TPSA) is 47.6 Å². The lowest BCUT2D eigenvalue weighted by molar-refractivity contribution is 1.13. The van der Waals surface area contributed by atoms with Gasteiger partial charge in [-0.2, -0.15) is 10.5 Å². The molecule has 0 N–H and O–H groups in total. The number of hydrogen-bond donors (Lipinski definition) is 0. The summed E-state index contributed by atoms with van der Waals surface area (Å²) in [5.41, 5.74) is 1.81. The van der Waals surface area contributed by atoms with E-state index in [0.29, 0.717) is 24.6 Å². The van der Waals surface area contributed by atoms with Crippen molar-refractivity contribution in [3.05, 3.63) is 23.8 Å². The average molecular weight is 259 g/mol. The van der Waals surface area contributed by atoms with Crippen LogP contribution in [0, 0.1) is 22.7 Å². The summed E-state index contributed by atoms with van der Waals surface area (Å²) in [6.07, 6.45) is 3.81. The van der Waals surface area contributed by atoms with Crippen molar-refractivity contribution < 1.29 is 0 Å². The van der Waals surface area contributed by atoms with Crippen LogP contribution in [0.15, 0.2) is 23.8 Å². The zero-order chi connectivity index (χ0) is 12.8. The minimum absolute atomic E-state index is 0.378. The second kappa shape index (κ2) is 14.0. The number of nitrogens with zero attached hydrogens (tertiary/aromatic N) is 2. The maximum atomic E-state index is 8.24. The lowest BCUT2D eigenvalue weighted by Gasteiger charge is -1.92. The van der Waals surface area contributed by atoms with Gasteiger partial charge in [-0.05, 0) is 17.6 Å². The van der Waals surface area contributed by atoms with E-state index in [-0.39, 0.29) is 0 Å². The molecule has 0 amide bonds. The van der Waals surface area contributed by atoms with E-state index in [2.05, 4.69) is 12.6 Å². The third-order valence-electron chi connectivity index (χ3n) is 1.49. The molecule has 0 aromatic heterocycles. The van der Waals surface area contributed by atoms with Crippen LogP contribution in [-0.4, -0.2) is 11.8 Å². The van der Waals surface area contributed by atoms with Gasteiger partial charge in [-0.25, -0.2) is 0 Å². The highest BCUT2D eigenvalue weighted by molar-refractivity contribution is 6.19. The SMILES string of the molecule is C=C(CCl)CC#N.CC/C=C(\CCl)CC#N. The molecule has 0 rings (SSSR count). The number of nitriles is 2. The molecule has 0 aromatic carbocycles. The van der Waals surface area contributed by atoms with E-state index >= 15 is 0 Å². The molecule has 0 aliphatic carbocycles. The van der Waals surface area contributed by atoms with E-state index in [4.69, 9.17) is 33.7 Å². The van der Waals surface area contributed by atoms with Gasteiger partial charge in [0.15, 0.2) is 0 Å². The fourth-order valence-corrected chi connectivity index (χ4v) is 1.02. The van der Waals surface area contributed by atoms with E-state index in [1.54, 1.807) is 0 Å². The van der Waals surface area contributed by atoms with Crippen LogP contribution < -0.4 is 0 Å². The largest absolute Gasteiger partial charge is 0.198 e. The number of alkyl halides is 2. The van der Waals surface area contributed by atoms with Gasteiger partial charge >= 0.3 is 0 Å². The Morgan fingerprint density at radius 3 is 2.00 bits per heavy atom. The van der Waals surface area contributed by atoms with Crippen molar-refractivity contribution in [1.29, 1.82) is 10.5 Å². The standard InChI is InChI=1S/C7H10ClN.C5H6ClN/c1-2-3-7(6-8)4-5-9;1-5(4-6)2-3-7/h3H,2,4,6H2,1H3;1-2,4H2/b7-3-;. The zero-order valence-corrected chi connectivity index (χ0v) is 11.0. The molecule has 0 radical (unpaired) electrons. The lowest BCUT2D eigenvalue weighted by atomic mass is 10.2. The second-order valence-electron chi connectivity index (χ2n) is 2.96. The van der Waals surface area contributed by atoms with Crippen LogP contribution in [0.4, 0.5) is 0 Å². The molecular formula is C12H16Cl2N2. The van der Waals surface area contributed by atoms with Gasteiger partial charge in [0.25, 0.3) is 0 Å². The summed E-state index contributed by atoms with van der Waals surface area (Å²) in [6, 6.07) is 3.99. The summed E-state index contributed by atoms with van der Waals surface area (Å²) in [5.74, 6) is 0.884. The Kier molecular flexibility index (Phi) is 15.3. The van der Waals surface area contributed by atoms with E-state index < -0.39 is 0 Å². The van der Waals surface area contributed by atoms with Crippen molar-refractivity contribution in [2.75, 3.05) is 11.8 Å². The Morgan fingerprint density at radius 1 is 1.19 bits per heavy atom. The van der Waals surface area contributed by atoms with Crippen molar-refractivity contribution in [3.8, 4) is 12.1 Å². The van der Waals surface area contributed by atoms with Crippen molar-refractivity contribution in [3.63, 3.8) is 0 Å². The normalized spacial score (nSPS) is 9.44. The van der Waals surface area contributed by atoms with Crippen molar-refractivity contribution in [1.82, 2.24) is 0 Å². The van der Waals surface area contributed by atoms with Gasteiger partial charge in [0.05, 0.1) is 25.0 Å². The molecule has 0 atom stereocenters. The van der Waals surface area contributed by atoms with Gasteiger partial charge in [-0.3, -0.25) is 0 Å². The minimum Gasteiger partial charge on any atom is -0.198 e. The van der Waals surface area contributed by atoms with Crippen molar-refractivity contribution >= 4 is 23.2 Å². The quantitative estimate of drug-likeness (QED) is 0.549. The highest BCUT2D eigenvalue weighted by Gasteiger charge is 1.90. The van der Waals surface area contributed by atoms with Crippen LogP contribution in [0.1, 0.15) is 26.2 Å². The second-order valence-corrected chi connectivity index (χ2v) is 3.49. The van der Waals surface area contributed by atoms with Crippen LogP contribution in [0.25, 0.3) is 0 Å². The third kappa shape index (κ3) is 13.0. The Balaban J connectivity index is 0. The lowest BCUT2D eigenvalue weighted by Crippen LogP contribution is -1.81. The molecule has 0 unspecified atom stereocenters. The van der Waals surface area contributed by atoms with Crippen molar-refractivity contribution in [2.24, 2.45) is 0 Å². The molecule has 4 heteroatoms. The van der Waals surface area contributed by atoms with Crippen molar-refractivity contribution in [2.45, 2.75) is 26.2 Å². The maximum Gasteiger partial charge on any atom is 0.0666 e. The first-order chi connectivity index (χ1) is 7.65. The summed E-state index contributed by atoms with van der Waals surface area (Å²) in [4.78, 5) is 0. The molecule has 0 bridgehead atoms. The van der Waals surface area contributed by atoms with Crippen LogP contribution >= 0.6 is 23.2 Å². The van der Waals surface area contributed by atoms with Gasteiger partial charge in [0.1, 0.15) is 0 Å². The Bertz CT molecular complexity index is 295. The predicted molar refractivity (Wildman–Crippen MR) is 69.4 cm³/mol. The van der Waals surface area contributed by atoms with Gasteiger partial charge in [-0.15, -0.1) is 23.2 Å². The minimum atomic E-state index is 0.378. The van der Waals surface area contributed by atoms with Crippen LogP contribution in [0.3, 0.4) is 0 Å². The monoisotopic (exact) mass is 258 g/mol. The van der Waals surface area contributed by atoms with Gasteiger partial charge in [0, 0.05) is 11.8 Å². The first-order valence-electron chi connectivity index (χ1n) is 4.86. The van der Waals surface area contributed by atoms with E-state index in [1.165, 1.54) is 0 Å². The molecule has 2 nitrogen and oxygen atoms in total. The maximum absolute atomic E-state index is 8.24. The molecular weight excluding hydrogens is 243 g/mol. The Hall–Kier alpha value is -0.960. The van der Waals surface area contributed by atoms with Gasteiger partial charge in [-0.1, -0.05) is 19.6 Å². The first-order valence-corrected chi connectivity index (χ1v) is 5.93. The highest BCUT2D eigenvalue weighted by Crippen LogP contribution is 2.03. The smallest absolute Gasteiger partial charge is 0.0666 e. The molecule has 0 saturated carbocycles. The Labute approximate surface area is 108 Å². The molecule has 0 spiro atoms. The van der Waals surface area contributed by atoms with E-state index in [1.807, 2.05) is 19.1 Å². The summed E-state index contributed by atoms with van der Waals surface area (Å²) in [6.45, 7) is 5.54. The molecule has 0 aromatic rings. The van der Waals surface area contributed by atoms with Gasteiger partial charge < -0.3 is 0 Å². The predicted octanol–water partition coefficient (Wildman–Crippen LogP) is 4.17. The molecule has 0 aliphatic rings. The summed E-state index contributed by atoms with van der Waals surface area (Å²) in [5, 5.41) is 16.2. The van der Waals surface area contributed by atoms with Gasteiger partial charge in [0.2, 0.25) is 0 Å². The molecule has 0 fully saturated rings. The highest BCUT2D eigenvalue weighted by atomic mass is 35.5. The first kappa shape index (κ1) is 17.4. The van der Waals surface area contributed by atoms with E-state index in [0.717, 1.165) is 17.6 Å². The summed E-state index contributed by atoms with van der Waals surface area (Å²) in [7, 11) is 0. The molecule has 0 saturated heterocycles. The molecule has 16 heavy (non-hydrogen) atoms. The number of allylic oxidation sites excluding steroid dienone is 3. The summed E-state index contributed by atoms with van der Waals surface area (Å²) < 4.78 is 0. The van der Waals surface area contributed by atoms with Crippen LogP contribution in [0.2, 0.25) is 0 Å². The fraction of sp³-hybridized carbons (Fsp3) is 0.500. The number of hydrogen-bond acceptors (Lipinski definition) is 2. The van der Waals surface area contributed by atoms with Crippen LogP contribution in [0.5, 0.6) is 0 Å². The van der Waals surface area contributed by atoms with E-state index in [9.17, 15) is 0 Å². The number of rotatable bonds is 5. The fourth-order valence-electron chi connectivity index (χ4n) is 0.723. The molecule has 0 aliphatic heterocycles. The zero-order valence-electron chi connectivity index (χ0n) is 9.47. The molecule has 88 valence electrons.